The molecule has 6 rings (SSSR count). The van der Waals surface area contributed by atoms with E-state index in [2.05, 4.69) is 13.2 Å². The first-order valence-electron chi connectivity index (χ1n) is 17.3. The number of benzene rings is 2. The molecule has 0 radical (unpaired) electrons. The SMILES string of the molecule is C=CCN(Cc1ccccc1)C(=O)[C@@H]1[C@H]2C(=O)N([C@@H](CO)Cc3ccccc3)C(C(=O)N(CC=C)C3CCCCC3)C23CC[C@@]1(C)O3. The third-order valence-corrected chi connectivity index (χ3v) is 11.1. The molecule has 2 bridgehead atoms. The van der Waals surface area contributed by atoms with Crippen LogP contribution in [0.15, 0.2) is 86.0 Å². The van der Waals surface area contributed by atoms with Crippen LogP contribution in [0.4, 0.5) is 0 Å². The van der Waals surface area contributed by atoms with Gasteiger partial charge in [0.15, 0.2) is 0 Å². The van der Waals surface area contributed by atoms with Gasteiger partial charge in [0.25, 0.3) is 0 Å². The monoisotopic (exact) mass is 639 g/mol. The van der Waals surface area contributed by atoms with Crippen molar-refractivity contribution in [3.63, 3.8) is 0 Å². The average Bonchev–Trinajstić information content (AvgIpc) is 3.67. The predicted molar refractivity (Wildman–Crippen MR) is 181 cm³/mol. The number of nitrogens with zero attached hydrogens (tertiary/aromatic N) is 3. The highest BCUT2D eigenvalue weighted by Crippen LogP contribution is 2.64. The number of amides is 3. The summed E-state index contributed by atoms with van der Waals surface area (Å²) in [6, 6.07) is 18.0. The lowest BCUT2D eigenvalue weighted by Crippen LogP contribution is -2.60. The van der Waals surface area contributed by atoms with Gasteiger partial charge in [-0.1, -0.05) is 92.1 Å². The zero-order valence-electron chi connectivity index (χ0n) is 27.6. The summed E-state index contributed by atoms with van der Waals surface area (Å²) in [5, 5.41) is 10.9. The Morgan fingerprint density at radius 2 is 1.60 bits per heavy atom. The molecule has 8 nitrogen and oxygen atoms in total. The normalized spacial score (nSPS) is 28.9. The number of carbonyl (C=O) groups is 3. The molecule has 2 aromatic rings. The molecule has 47 heavy (non-hydrogen) atoms. The number of carbonyl (C=O) groups excluding carboxylic acids is 3. The molecule has 8 heteroatoms. The smallest absolute Gasteiger partial charge is 0.248 e. The van der Waals surface area contributed by atoms with E-state index in [-0.39, 0.29) is 30.4 Å². The largest absolute Gasteiger partial charge is 0.394 e. The minimum absolute atomic E-state index is 0.0453. The number of aliphatic hydroxyl groups excluding tert-OH is 1. The molecule has 0 aromatic heterocycles. The number of likely N-dealkylation sites (tertiary alicyclic amines) is 1. The average molecular weight is 640 g/mol. The highest BCUT2D eigenvalue weighted by Gasteiger charge is 2.79. The van der Waals surface area contributed by atoms with E-state index < -0.39 is 35.1 Å². The Labute approximate surface area is 279 Å². The standard InChI is InChI=1S/C39H49N3O5/c1-4-23-40(26-29-17-11-7-12-18-29)35(44)32-33-36(45)42(31(27-43)25-28-15-9-6-10-16-28)34(39(33)22-21-38(32,3)47-39)37(46)41(24-5-2)30-19-13-8-14-20-30/h4-7,9-12,15-18,30-34,43H,1-2,8,13-14,19-27H2,3H3/t31-,32+,33+,34?,38-,39?/m1/s1. The van der Waals surface area contributed by atoms with Gasteiger partial charge in [0, 0.05) is 25.7 Å². The fourth-order valence-corrected chi connectivity index (χ4v) is 9.05. The van der Waals surface area contributed by atoms with Crippen molar-refractivity contribution in [2.75, 3.05) is 19.7 Å². The van der Waals surface area contributed by atoms with E-state index in [9.17, 15) is 14.7 Å². The second-order valence-electron chi connectivity index (χ2n) is 14.1. The van der Waals surface area contributed by atoms with Crippen molar-refractivity contribution in [1.29, 1.82) is 0 Å². The molecule has 3 aliphatic heterocycles. The first-order chi connectivity index (χ1) is 22.8. The van der Waals surface area contributed by atoms with Crippen molar-refractivity contribution in [3.8, 4) is 0 Å². The van der Waals surface area contributed by atoms with Crippen LogP contribution in [-0.2, 0) is 32.1 Å². The van der Waals surface area contributed by atoms with Gasteiger partial charge in [0.1, 0.15) is 11.6 Å². The van der Waals surface area contributed by atoms with Gasteiger partial charge in [-0.3, -0.25) is 14.4 Å². The van der Waals surface area contributed by atoms with Crippen molar-refractivity contribution in [1.82, 2.24) is 14.7 Å². The second kappa shape index (κ2) is 13.8. The maximum absolute atomic E-state index is 15.1. The maximum Gasteiger partial charge on any atom is 0.248 e. The van der Waals surface area contributed by atoms with Crippen LogP contribution in [0.2, 0.25) is 0 Å². The molecular weight excluding hydrogens is 590 g/mol. The van der Waals surface area contributed by atoms with Crippen LogP contribution in [0.1, 0.15) is 63.0 Å². The van der Waals surface area contributed by atoms with E-state index in [1.807, 2.05) is 72.5 Å². The third kappa shape index (κ3) is 5.95. The molecule has 4 aliphatic rings. The van der Waals surface area contributed by atoms with Gasteiger partial charge in [0.2, 0.25) is 17.7 Å². The molecule has 250 valence electrons. The molecular formula is C39H49N3O5. The maximum atomic E-state index is 15.1. The van der Waals surface area contributed by atoms with Gasteiger partial charge in [-0.2, -0.15) is 0 Å². The first-order valence-corrected chi connectivity index (χ1v) is 17.3. The summed E-state index contributed by atoms with van der Waals surface area (Å²) in [6.07, 6.45) is 9.95. The van der Waals surface area contributed by atoms with Gasteiger partial charge in [-0.05, 0) is 50.2 Å². The Balaban J connectivity index is 1.42. The molecule has 6 atom stereocenters. The van der Waals surface area contributed by atoms with Crippen molar-refractivity contribution in [3.05, 3.63) is 97.1 Å². The highest BCUT2D eigenvalue weighted by molar-refractivity contribution is 5.99. The van der Waals surface area contributed by atoms with E-state index in [1.54, 1.807) is 22.0 Å². The quantitative estimate of drug-likeness (QED) is 0.315. The van der Waals surface area contributed by atoms with Crippen molar-refractivity contribution in [2.45, 2.75) is 94.2 Å². The molecule has 2 aromatic carbocycles. The lowest BCUT2D eigenvalue weighted by Gasteiger charge is -2.42. The van der Waals surface area contributed by atoms with Crippen LogP contribution < -0.4 is 0 Å². The molecule has 1 saturated carbocycles. The second-order valence-corrected chi connectivity index (χ2v) is 14.1. The summed E-state index contributed by atoms with van der Waals surface area (Å²) in [5.74, 6) is -2.22. The van der Waals surface area contributed by atoms with E-state index in [4.69, 9.17) is 4.74 Å². The molecule has 1 spiro atoms. The van der Waals surface area contributed by atoms with E-state index in [0.29, 0.717) is 38.9 Å². The Morgan fingerprint density at radius 3 is 2.21 bits per heavy atom. The van der Waals surface area contributed by atoms with Gasteiger partial charge in [-0.15, -0.1) is 13.2 Å². The fourth-order valence-electron chi connectivity index (χ4n) is 9.05. The molecule has 2 unspecified atom stereocenters. The van der Waals surface area contributed by atoms with Crippen LogP contribution in [0.5, 0.6) is 0 Å². The van der Waals surface area contributed by atoms with Crippen LogP contribution in [0.25, 0.3) is 0 Å². The van der Waals surface area contributed by atoms with Crippen LogP contribution >= 0.6 is 0 Å². The molecule has 3 saturated heterocycles. The van der Waals surface area contributed by atoms with Gasteiger partial charge < -0.3 is 24.5 Å². The number of hydrogen-bond acceptors (Lipinski definition) is 5. The minimum atomic E-state index is -1.17. The van der Waals surface area contributed by atoms with E-state index in [0.717, 1.165) is 43.2 Å². The summed E-state index contributed by atoms with van der Waals surface area (Å²) < 4.78 is 6.99. The van der Waals surface area contributed by atoms with E-state index >= 15 is 4.79 Å². The Bertz CT molecular complexity index is 1460. The third-order valence-electron chi connectivity index (χ3n) is 11.1. The zero-order valence-corrected chi connectivity index (χ0v) is 27.6. The number of ether oxygens (including phenoxy) is 1. The first kappa shape index (κ1) is 33.2. The van der Waals surface area contributed by atoms with Gasteiger partial charge >= 0.3 is 0 Å². The highest BCUT2D eigenvalue weighted by atomic mass is 16.5. The number of hydrogen-bond donors (Lipinski definition) is 1. The van der Waals surface area contributed by atoms with Gasteiger partial charge in [-0.25, -0.2) is 0 Å². The number of fused-ring (bicyclic) bond motifs is 1. The topological polar surface area (TPSA) is 90.4 Å². The van der Waals surface area contributed by atoms with Crippen molar-refractivity contribution in [2.24, 2.45) is 11.8 Å². The molecule has 4 fully saturated rings. The molecule has 1 aliphatic carbocycles. The summed E-state index contributed by atoms with van der Waals surface area (Å²) >= 11 is 0. The van der Waals surface area contributed by atoms with Crippen LogP contribution in [0.3, 0.4) is 0 Å². The fraction of sp³-hybridized carbons (Fsp3) is 0.513. The minimum Gasteiger partial charge on any atom is -0.394 e. The lowest BCUT2D eigenvalue weighted by molar-refractivity contribution is -0.158. The Hall–Kier alpha value is -3.75. The van der Waals surface area contributed by atoms with E-state index in [1.165, 1.54) is 0 Å². The number of rotatable bonds is 13. The number of aliphatic hydroxyl groups is 1. The summed E-state index contributed by atoms with van der Waals surface area (Å²) in [6.45, 7) is 10.6. The summed E-state index contributed by atoms with van der Waals surface area (Å²) in [5.41, 5.74) is -0.135. The molecule has 3 amide bonds. The van der Waals surface area contributed by atoms with Crippen LogP contribution in [0, 0.1) is 11.8 Å². The lowest BCUT2D eigenvalue weighted by atomic mass is 9.66. The zero-order chi connectivity index (χ0) is 33.2. The van der Waals surface area contributed by atoms with Gasteiger partial charge in [0.05, 0.1) is 30.1 Å². The Kier molecular flexibility index (Phi) is 9.72. The van der Waals surface area contributed by atoms with Crippen molar-refractivity contribution >= 4 is 17.7 Å². The predicted octanol–water partition coefficient (Wildman–Crippen LogP) is 4.92. The van der Waals surface area contributed by atoms with Crippen LogP contribution in [-0.4, -0.2) is 86.6 Å². The molecule has 1 N–H and O–H groups in total. The summed E-state index contributed by atoms with van der Waals surface area (Å²) in [7, 11) is 0. The van der Waals surface area contributed by atoms with Crippen molar-refractivity contribution < 1.29 is 24.2 Å². The molecule has 3 heterocycles. The Morgan fingerprint density at radius 1 is 0.957 bits per heavy atom. The summed E-state index contributed by atoms with van der Waals surface area (Å²) in [4.78, 5) is 50.0.